The summed E-state index contributed by atoms with van der Waals surface area (Å²) in [5.74, 6) is 0. The maximum absolute atomic E-state index is 11.8. The van der Waals surface area contributed by atoms with Gasteiger partial charge in [0, 0.05) is 29.9 Å². The van der Waals surface area contributed by atoms with Crippen LogP contribution in [0.1, 0.15) is 23.7 Å². The van der Waals surface area contributed by atoms with Crippen molar-refractivity contribution >= 4 is 5.69 Å². The number of nitrogens with zero attached hydrogens (tertiary/aromatic N) is 1. The fourth-order valence-electron chi connectivity index (χ4n) is 2.11. The summed E-state index contributed by atoms with van der Waals surface area (Å²) in [7, 11) is 0. The van der Waals surface area contributed by atoms with Crippen LogP contribution in [0.25, 0.3) is 0 Å². The average Bonchev–Trinajstić information content (AvgIpc) is 2.38. The number of aromatic amines is 1. The van der Waals surface area contributed by atoms with Crippen molar-refractivity contribution in [2.45, 2.75) is 26.8 Å². The van der Waals surface area contributed by atoms with Gasteiger partial charge < -0.3 is 5.73 Å². The Bertz CT molecular complexity index is 696. The molecule has 5 nitrogen and oxygen atoms in total. The van der Waals surface area contributed by atoms with Gasteiger partial charge in [0.05, 0.1) is 0 Å². The normalized spacial score (nSPS) is 10.6. The standard InChI is InChI=1S/C14H17N3O2/c1-3-17-12(9(2)13(18)16-14(17)19)8-10-4-6-11(15)7-5-10/h4-7H,3,8,15H2,1-2H3,(H,16,18,19). The van der Waals surface area contributed by atoms with Gasteiger partial charge in [-0.05, 0) is 31.5 Å². The predicted octanol–water partition coefficient (Wildman–Crippen LogP) is 1.04. The number of anilines is 1. The molecule has 0 unspecified atom stereocenters. The highest BCUT2D eigenvalue weighted by atomic mass is 16.2. The fraction of sp³-hybridized carbons (Fsp3) is 0.286. The summed E-state index contributed by atoms with van der Waals surface area (Å²) in [4.78, 5) is 25.8. The highest BCUT2D eigenvalue weighted by Gasteiger charge is 2.10. The first kappa shape index (κ1) is 13.1. The SMILES string of the molecule is CCn1c(Cc2ccc(N)cc2)c(C)c(=O)[nH]c1=O. The number of rotatable bonds is 3. The zero-order valence-electron chi connectivity index (χ0n) is 11.1. The summed E-state index contributed by atoms with van der Waals surface area (Å²) in [6.07, 6.45) is 0.541. The van der Waals surface area contributed by atoms with Crippen LogP contribution in [0.4, 0.5) is 5.69 Å². The van der Waals surface area contributed by atoms with Crippen molar-refractivity contribution in [3.05, 3.63) is 61.9 Å². The molecule has 100 valence electrons. The van der Waals surface area contributed by atoms with Crippen LogP contribution in [-0.2, 0) is 13.0 Å². The minimum Gasteiger partial charge on any atom is -0.399 e. The van der Waals surface area contributed by atoms with E-state index in [4.69, 9.17) is 5.73 Å². The van der Waals surface area contributed by atoms with Crippen molar-refractivity contribution in [2.75, 3.05) is 5.73 Å². The fourth-order valence-corrected chi connectivity index (χ4v) is 2.11. The topological polar surface area (TPSA) is 80.9 Å². The summed E-state index contributed by atoms with van der Waals surface area (Å²) in [6.45, 7) is 4.14. The number of aromatic nitrogens is 2. The van der Waals surface area contributed by atoms with Crippen LogP contribution in [0.5, 0.6) is 0 Å². The Balaban J connectivity index is 2.52. The van der Waals surface area contributed by atoms with Crippen molar-refractivity contribution in [3.8, 4) is 0 Å². The molecule has 2 aromatic rings. The number of nitrogens with one attached hydrogen (secondary N) is 1. The van der Waals surface area contributed by atoms with Gasteiger partial charge in [-0.15, -0.1) is 0 Å². The van der Waals surface area contributed by atoms with Crippen LogP contribution < -0.4 is 17.0 Å². The molecule has 0 saturated heterocycles. The van der Waals surface area contributed by atoms with E-state index >= 15 is 0 Å². The van der Waals surface area contributed by atoms with Crippen LogP contribution in [0.2, 0.25) is 0 Å². The van der Waals surface area contributed by atoms with Crippen LogP contribution in [-0.4, -0.2) is 9.55 Å². The monoisotopic (exact) mass is 259 g/mol. The first-order chi connectivity index (χ1) is 9.02. The summed E-state index contributed by atoms with van der Waals surface area (Å²) in [5.41, 5.74) is 8.01. The van der Waals surface area contributed by atoms with Crippen molar-refractivity contribution in [1.82, 2.24) is 9.55 Å². The van der Waals surface area contributed by atoms with E-state index in [1.54, 1.807) is 11.5 Å². The molecule has 0 aliphatic rings. The van der Waals surface area contributed by atoms with Gasteiger partial charge in [0.25, 0.3) is 5.56 Å². The molecule has 0 bridgehead atoms. The molecule has 0 aliphatic carbocycles. The van der Waals surface area contributed by atoms with E-state index in [0.29, 0.717) is 24.2 Å². The second-order valence-electron chi connectivity index (χ2n) is 4.49. The van der Waals surface area contributed by atoms with Crippen molar-refractivity contribution in [1.29, 1.82) is 0 Å². The van der Waals surface area contributed by atoms with E-state index < -0.39 is 0 Å². The third kappa shape index (κ3) is 2.59. The lowest BCUT2D eigenvalue weighted by atomic mass is 10.1. The molecule has 2 rings (SSSR count). The Morgan fingerprint density at radius 2 is 1.84 bits per heavy atom. The van der Waals surface area contributed by atoms with Gasteiger partial charge in [0.2, 0.25) is 0 Å². The lowest BCUT2D eigenvalue weighted by Gasteiger charge is -2.13. The number of nitrogens with two attached hydrogens (primary N) is 1. The Labute approximate surface area is 110 Å². The van der Waals surface area contributed by atoms with Crippen molar-refractivity contribution < 1.29 is 0 Å². The van der Waals surface area contributed by atoms with Gasteiger partial charge in [-0.25, -0.2) is 4.79 Å². The molecular weight excluding hydrogens is 242 g/mol. The molecule has 1 aromatic carbocycles. The van der Waals surface area contributed by atoms with Crippen molar-refractivity contribution in [2.24, 2.45) is 0 Å². The van der Waals surface area contributed by atoms with Gasteiger partial charge in [-0.2, -0.15) is 0 Å². The van der Waals surface area contributed by atoms with Crippen LogP contribution >= 0.6 is 0 Å². The lowest BCUT2D eigenvalue weighted by molar-refractivity contribution is 0.649. The molecule has 3 N–H and O–H groups in total. The Morgan fingerprint density at radius 3 is 2.42 bits per heavy atom. The molecule has 0 saturated carbocycles. The third-order valence-electron chi connectivity index (χ3n) is 3.23. The summed E-state index contributed by atoms with van der Waals surface area (Å²) >= 11 is 0. The second kappa shape index (κ2) is 5.14. The Morgan fingerprint density at radius 1 is 1.21 bits per heavy atom. The van der Waals surface area contributed by atoms with E-state index in [-0.39, 0.29) is 11.2 Å². The van der Waals surface area contributed by atoms with Crippen LogP contribution in [0.15, 0.2) is 33.9 Å². The molecule has 1 aromatic heterocycles. The predicted molar refractivity (Wildman–Crippen MR) is 75.4 cm³/mol. The highest BCUT2D eigenvalue weighted by molar-refractivity contribution is 5.40. The minimum absolute atomic E-state index is 0.319. The number of nitrogen functional groups attached to an aromatic ring is 1. The van der Waals surface area contributed by atoms with Gasteiger partial charge in [-0.3, -0.25) is 14.3 Å². The van der Waals surface area contributed by atoms with Gasteiger partial charge >= 0.3 is 5.69 Å². The molecule has 19 heavy (non-hydrogen) atoms. The molecule has 0 spiro atoms. The van der Waals surface area contributed by atoms with E-state index in [1.807, 2.05) is 31.2 Å². The Hall–Kier alpha value is -2.30. The largest absolute Gasteiger partial charge is 0.399 e. The van der Waals surface area contributed by atoms with Gasteiger partial charge in [-0.1, -0.05) is 12.1 Å². The van der Waals surface area contributed by atoms with E-state index in [9.17, 15) is 9.59 Å². The smallest absolute Gasteiger partial charge is 0.328 e. The molecule has 0 aliphatic heterocycles. The van der Waals surface area contributed by atoms with Crippen LogP contribution in [0.3, 0.4) is 0 Å². The zero-order valence-corrected chi connectivity index (χ0v) is 11.1. The molecule has 5 heteroatoms. The molecule has 1 heterocycles. The highest BCUT2D eigenvalue weighted by Crippen LogP contribution is 2.12. The zero-order chi connectivity index (χ0) is 14.0. The number of hydrogen-bond acceptors (Lipinski definition) is 3. The van der Waals surface area contributed by atoms with Gasteiger partial charge in [0.1, 0.15) is 0 Å². The number of benzene rings is 1. The maximum Gasteiger partial charge on any atom is 0.328 e. The molecular formula is C14H17N3O2. The molecule has 0 fully saturated rings. The third-order valence-corrected chi connectivity index (χ3v) is 3.23. The van der Waals surface area contributed by atoms with Crippen LogP contribution in [0, 0.1) is 6.92 Å². The number of H-pyrrole nitrogens is 1. The summed E-state index contributed by atoms with van der Waals surface area (Å²) < 4.78 is 1.59. The van der Waals surface area contributed by atoms with E-state index in [0.717, 1.165) is 11.3 Å². The van der Waals surface area contributed by atoms with Gasteiger partial charge in [0.15, 0.2) is 0 Å². The maximum atomic E-state index is 11.8. The lowest BCUT2D eigenvalue weighted by Crippen LogP contribution is -2.34. The minimum atomic E-state index is -0.358. The first-order valence-corrected chi connectivity index (χ1v) is 6.20. The average molecular weight is 259 g/mol. The van der Waals surface area contributed by atoms with Crippen molar-refractivity contribution in [3.63, 3.8) is 0 Å². The quantitative estimate of drug-likeness (QED) is 0.808. The Kier molecular flexibility index (Phi) is 3.55. The second-order valence-corrected chi connectivity index (χ2v) is 4.49. The molecule has 0 atom stereocenters. The van der Waals surface area contributed by atoms with E-state index in [1.165, 1.54) is 0 Å². The molecule has 0 amide bonds. The molecule has 0 radical (unpaired) electrons. The number of hydrogen-bond donors (Lipinski definition) is 2. The first-order valence-electron chi connectivity index (χ1n) is 6.20. The summed E-state index contributed by atoms with van der Waals surface area (Å²) in [6, 6.07) is 7.43. The summed E-state index contributed by atoms with van der Waals surface area (Å²) in [5, 5.41) is 0. The van der Waals surface area contributed by atoms with E-state index in [2.05, 4.69) is 4.98 Å².